The van der Waals surface area contributed by atoms with E-state index < -0.39 is 167 Å². The zero-order chi connectivity index (χ0) is 92.1. The van der Waals surface area contributed by atoms with Gasteiger partial charge >= 0.3 is 0 Å². The summed E-state index contributed by atoms with van der Waals surface area (Å²) in [4.78, 5) is 126. The van der Waals surface area contributed by atoms with E-state index in [1.54, 1.807) is 121 Å². The number of anilines is 8. The summed E-state index contributed by atoms with van der Waals surface area (Å²) >= 11 is 0. The number of rotatable bonds is 22. The number of nitrogens with one attached hydrogen (secondary N) is 12. The molecule has 3 aromatic heterocycles. The number of aromatic nitrogens is 3. The van der Waals surface area contributed by atoms with Crippen molar-refractivity contribution in [3.05, 3.63) is 358 Å². The lowest BCUT2D eigenvalue weighted by molar-refractivity contribution is -0.125. The quantitative estimate of drug-likeness (QED) is 0.0221. The number of carbonyl (C=O) groups is 8. The summed E-state index contributed by atoms with van der Waals surface area (Å²) < 4.78 is 155. The number of benzodiazepines with no additional fused rings is 4. The maximum Gasteiger partial charge on any atom is 0.269 e. The van der Waals surface area contributed by atoms with E-state index in [9.17, 15) is 86.7 Å². The largest absolute Gasteiger partial charge is 0.476 e. The molecule has 4 aliphatic heterocycles. The number of amides is 8. The summed E-state index contributed by atoms with van der Waals surface area (Å²) in [6.07, 6.45) is -5.14. The molecule has 0 bridgehead atoms. The zero-order valence-corrected chi connectivity index (χ0v) is 67.5. The Hall–Kier alpha value is -16.9. The van der Waals surface area contributed by atoms with Crippen LogP contribution in [-0.2, 0) is 38.4 Å². The Morgan fingerprint density at radius 1 is 0.292 bits per heavy atom. The molecule has 9 aromatic carbocycles. The van der Waals surface area contributed by atoms with Crippen LogP contribution in [0.15, 0.2) is 269 Å². The van der Waals surface area contributed by atoms with Gasteiger partial charge in [0.05, 0.1) is 78.4 Å². The van der Waals surface area contributed by atoms with Gasteiger partial charge in [0, 0.05) is 50.2 Å². The van der Waals surface area contributed by atoms with E-state index in [0.717, 1.165) is 16.8 Å². The predicted octanol–water partition coefficient (Wildman–Crippen LogP) is 12.2. The average molecular weight is 1780 g/mol. The molecule has 16 rings (SSSR count). The molecular formula is C91H70F11N19O9. The first-order valence-electron chi connectivity index (χ1n) is 39.2. The van der Waals surface area contributed by atoms with Gasteiger partial charge in [0.25, 0.3) is 59.2 Å². The molecule has 0 saturated heterocycles. The van der Waals surface area contributed by atoms with Crippen molar-refractivity contribution in [2.45, 2.75) is 31.6 Å². The Balaban J connectivity index is 0.000000148. The minimum Gasteiger partial charge on any atom is -0.476 e. The molecular weight excluding hydrogens is 1710 g/mol. The molecule has 0 saturated carbocycles. The topological polar surface area (TPSA) is 378 Å². The van der Waals surface area contributed by atoms with E-state index in [2.05, 4.69) is 88.1 Å². The van der Waals surface area contributed by atoms with Gasteiger partial charge in [-0.2, -0.15) is 63.2 Å². The highest BCUT2D eigenvalue weighted by Crippen LogP contribution is 2.32. The SMILES string of the molecule is CCOc1nc(F)c(F)c(NCC(=O)N[C@H]2N=C(c3ccccc3)c3ccccc3NC2=O)c1F.O=C(CNc1c(F)c(F)nc(F)c1F)NC1N=C(c2ccccc2)c2ccccc2NC1=O.O=C(CNc1c(F)c(F)nc(F)c1F)N[C@H]1N=C(c2ccccc2)c2ccccc2NC1=O.O=C(CNc1ccccc1)N[C@H]1N=C(c2ccccc2)c2ccccc2NC1=O. The predicted molar refractivity (Wildman–Crippen MR) is 460 cm³/mol. The number of hydrogen-bond acceptors (Lipinski definition) is 20. The van der Waals surface area contributed by atoms with Crippen molar-refractivity contribution >= 4 is 116 Å². The Morgan fingerprint density at radius 2 is 0.515 bits per heavy atom. The second-order valence-corrected chi connectivity index (χ2v) is 27.7. The minimum absolute atomic E-state index is 0.0319. The summed E-state index contributed by atoms with van der Waals surface area (Å²) in [7, 11) is 0. The lowest BCUT2D eigenvalue weighted by atomic mass is 10.0. The highest BCUT2D eigenvalue weighted by Gasteiger charge is 2.34. The van der Waals surface area contributed by atoms with Crippen molar-refractivity contribution in [3.8, 4) is 5.88 Å². The second-order valence-electron chi connectivity index (χ2n) is 27.7. The van der Waals surface area contributed by atoms with Crippen LogP contribution in [0.1, 0.15) is 51.4 Å². The summed E-state index contributed by atoms with van der Waals surface area (Å²) in [5, 5.41) is 29.9. The number of ether oxygens (including phenoxy) is 1. The van der Waals surface area contributed by atoms with Gasteiger partial charge in [-0.25, -0.2) is 20.0 Å². The molecule has 1 unspecified atom stereocenters. The number of fused-ring (bicyclic) bond motifs is 4. The number of nitrogens with zero attached hydrogens (tertiary/aromatic N) is 7. The Morgan fingerprint density at radius 3 is 0.777 bits per heavy atom. The molecule has 0 aliphatic carbocycles. The van der Waals surface area contributed by atoms with Crippen LogP contribution in [0, 0.1) is 64.6 Å². The minimum atomic E-state index is -1.87. The van der Waals surface area contributed by atoms with Gasteiger partial charge in [-0.1, -0.05) is 212 Å². The standard InChI is InChI=1S/C24H20F3N5O3.C23H20N4O2.2C22H15F4N5O2/c1-2-35-24-18(26)20(17(25)21(27)32-24)28-12-16(33)30-22-23(34)29-15-11-7-6-10-14(15)19(31-22)13-8-4-3-5-9-13;28-20(15-24-17-11-5-2-6-12-17)26-22-23(29)25-19-14-8-7-13-18(19)21(27-22)16-9-3-1-4-10-16;2*23-15-18(16(24)20(26)31-19(15)25)27-10-14(32)29-21-22(33)28-13-9-5-4-8-12(13)17(30-21)11-6-2-1-3-7-11/h3-11,22H,2,12H2,1H3,(H,28,32)(H,29,34)(H,30,33);1-14,22,24H,15H2,(H,25,29)(H,26,28);2*1-9,21H,10H2,(H,27,31)(H,28,33)(H,29,32)/t2*22-;21-;/m000./s1. The monoisotopic (exact) mass is 1780 g/mol. The van der Waals surface area contributed by atoms with Gasteiger partial charge < -0.3 is 68.5 Å². The van der Waals surface area contributed by atoms with Crippen LogP contribution in [0.2, 0.25) is 0 Å². The lowest BCUT2D eigenvalue weighted by Crippen LogP contribution is -2.44. The first kappa shape index (κ1) is 90.8. The Kier molecular flexibility index (Phi) is 29.5. The maximum absolute atomic E-state index is 14.4. The van der Waals surface area contributed by atoms with Gasteiger partial charge in [-0.05, 0) is 43.3 Å². The fraction of sp³-hybridized carbons (Fsp3) is 0.110. The number of pyridine rings is 3. The number of para-hydroxylation sites is 5. The van der Waals surface area contributed by atoms with Crippen LogP contribution in [0.3, 0.4) is 0 Å². The molecule has 39 heteroatoms. The van der Waals surface area contributed by atoms with Gasteiger partial charge in [0.1, 0.15) is 17.1 Å². The van der Waals surface area contributed by atoms with Gasteiger partial charge in [0.2, 0.25) is 83.2 Å². The van der Waals surface area contributed by atoms with E-state index in [0.29, 0.717) is 79.0 Å². The Bertz CT molecular complexity index is 6170. The summed E-state index contributed by atoms with van der Waals surface area (Å²) in [6.45, 7) is -0.765. The highest BCUT2D eigenvalue weighted by molar-refractivity contribution is 6.23. The van der Waals surface area contributed by atoms with Gasteiger partial charge in [-0.15, -0.1) is 0 Å². The van der Waals surface area contributed by atoms with Crippen LogP contribution >= 0.6 is 0 Å². The third-order valence-corrected chi connectivity index (χ3v) is 19.0. The maximum atomic E-state index is 14.4. The number of halogens is 11. The zero-order valence-electron chi connectivity index (χ0n) is 67.5. The van der Waals surface area contributed by atoms with Crippen LogP contribution in [0.4, 0.5) is 93.8 Å². The first-order valence-corrected chi connectivity index (χ1v) is 39.2. The average Bonchev–Trinajstić information content (AvgIpc) is 1.49. The van der Waals surface area contributed by atoms with Crippen molar-refractivity contribution < 1.29 is 91.4 Å². The van der Waals surface area contributed by atoms with Crippen LogP contribution in [0.25, 0.3) is 0 Å². The summed E-state index contributed by atoms with van der Waals surface area (Å²) in [5.74, 6) is -25.1. The number of carbonyl (C=O) groups excluding carboxylic acids is 8. The molecule has 0 spiro atoms. The third kappa shape index (κ3) is 22.2. The van der Waals surface area contributed by atoms with Gasteiger partial charge in [-0.3, -0.25) is 38.4 Å². The second kappa shape index (κ2) is 42.2. The number of aliphatic imine (C=N–C) groups is 4. The normalized spacial score (nSPS) is 15.1. The molecule has 0 fully saturated rings. The summed E-state index contributed by atoms with van der Waals surface area (Å²) in [5.41, 5.74) is 7.31. The van der Waals surface area contributed by atoms with Crippen molar-refractivity contribution in [1.29, 1.82) is 0 Å². The van der Waals surface area contributed by atoms with E-state index in [-0.39, 0.29) is 25.0 Å². The van der Waals surface area contributed by atoms with Crippen molar-refractivity contribution in [3.63, 3.8) is 0 Å². The fourth-order valence-electron chi connectivity index (χ4n) is 12.9. The smallest absolute Gasteiger partial charge is 0.269 e. The number of benzene rings is 9. The van der Waals surface area contributed by atoms with Crippen LogP contribution in [0.5, 0.6) is 5.88 Å². The fourth-order valence-corrected chi connectivity index (χ4v) is 12.9. The molecule has 0 radical (unpaired) electrons. The lowest BCUT2D eigenvalue weighted by Gasteiger charge is -2.15. The molecule has 660 valence electrons. The molecule has 8 amide bonds. The third-order valence-electron chi connectivity index (χ3n) is 19.0. The van der Waals surface area contributed by atoms with Gasteiger partial charge in [0.15, 0.2) is 0 Å². The molecule has 4 aliphatic rings. The van der Waals surface area contributed by atoms with Crippen molar-refractivity contribution in [2.24, 2.45) is 20.0 Å². The first-order chi connectivity index (χ1) is 62.8. The molecule has 130 heavy (non-hydrogen) atoms. The molecule has 28 nitrogen and oxygen atoms in total. The van der Waals surface area contributed by atoms with E-state index in [4.69, 9.17) is 4.74 Å². The van der Waals surface area contributed by atoms with Crippen molar-refractivity contribution in [2.75, 3.05) is 75.3 Å². The van der Waals surface area contributed by atoms with E-state index in [1.165, 1.54) is 6.92 Å². The number of hydrogen-bond donors (Lipinski definition) is 12. The van der Waals surface area contributed by atoms with Crippen LogP contribution < -0.4 is 68.5 Å². The Labute approximate surface area is 730 Å². The summed E-state index contributed by atoms with van der Waals surface area (Å²) in [6, 6.07) is 74.3. The van der Waals surface area contributed by atoms with Crippen LogP contribution in [-0.4, -0.2) is 143 Å². The van der Waals surface area contributed by atoms with Crippen molar-refractivity contribution in [1.82, 2.24) is 36.2 Å². The van der Waals surface area contributed by atoms with E-state index >= 15 is 0 Å². The highest BCUT2D eigenvalue weighted by atomic mass is 19.2. The molecule has 4 atom stereocenters. The molecule has 12 N–H and O–H groups in total. The van der Waals surface area contributed by atoms with E-state index in [1.807, 2.05) is 138 Å². The molecule has 12 aromatic rings. The molecule has 7 heterocycles.